The molecule has 0 radical (unpaired) electrons. The Bertz CT molecular complexity index is 548. The summed E-state index contributed by atoms with van der Waals surface area (Å²) in [7, 11) is -1.94. The molecule has 20 heavy (non-hydrogen) atoms. The Morgan fingerprint density at radius 3 is 2.45 bits per heavy atom. The molecule has 0 saturated heterocycles. The van der Waals surface area contributed by atoms with E-state index < -0.39 is 10.0 Å². The van der Waals surface area contributed by atoms with Crippen LogP contribution in [-0.2, 0) is 17.1 Å². The summed E-state index contributed by atoms with van der Waals surface area (Å²) in [5.74, 6) is 1.24. The van der Waals surface area contributed by atoms with Crippen molar-refractivity contribution < 1.29 is 8.42 Å². The molecule has 114 valence electrons. The van der Waals surface area contributed by atoms with Crippen LogP contribution >= 0.6 is 11.6 Å². The van der Waals surface area contributed by atoms with Gasteiger partial charge < -0.3 is 4.57 Å². The molecule has 0 unspecified atom stereocenters. The fourth-order valence-corrected chi connectivity index (χ4v) is 4.25. The van der Waals surface area contributed by atoms with E-state index in [1.165, 1.54) is 30.2 Å². The maximum absolute atomic E-state index is 12.2. The molecule has 1 saturated carbocycles. The molecular formula is C13H22ClN3O2S. The Labute approximate surface area is 125 Å². The van der Waals surface area contributed by atoms with Crippen molar-refractivity contribution in [3.63, 3.8) is 0 Å². The van der Waals surface area contributed by atoms with Crippen LogP contribution in [0.2, 0.25) is 5.15 Å². The largest absolute Gasteiger partial charge is 0.324 e. The maximum atomic E-state index is 12.2. The van der Waals surface area contributed by atoms with Gasteiger partial charge in [0.25, 0.3) is 10.0 Å². The topological polar surface area (TPSA) is 64.0 Å². The summed E-state index contributed by atoms with van der Waals surface area (Å²) in [5, 5.41) is 0.0658. The Kier molecular flexibility index (Phi) is 5.09. The van der Waals surface area contributed by atoms with Crippen LogP contribution < -0.4 is 4.72 Å². The fraction of sp³-hybridized carbons (Fsp3) is 0.769. The summed E-state index contributed by atoms with van der Waals surface area (Å²) < 4.78 is 28.4. The second-order valence-electron chi connectivity index (χ2n) is 5.60. The lowest BCUT2D eigenvalue weighted by Gasteiger charge is -2.27. The second-order valence-corrected chi connectivity index (χ2v) is 7.64. The van der Waals surface area contributed by atoms with Gasteiger partial charge in [-0.3, -0.25) is 0 Å². The zero-order chi connectivity index (χ0) is 14.8. The van der Waals surface area contributed by atoms with E-state index in [0.717, 1.165) is 18.8 Å². The molecule has 1 aliphatic rings. The third kappa shape index (κ3) is 3.54. The van der Waals surface area contributed by atoms with Gasteiger partial charge in [0, 0.05) is 13.6 Å². The van der Waals surface area contributed by atoms with E-state index in [1.54, 1.807) is 7.05 Å². The van der Waals surface area contributed by atoms with Crippen LogP contribution in [0.5, 0.6) is 0 Å². The minimum atomic E-state index is -3.60. The van der Waals surface area contributed by atoms with E-state index >= 15 is 0 Å². The molecule has 0 atom stereocenters. The van der Waals surface area contributed by atoms with Crippen molar-refractivity contribution in [1.82, 2.24) is 14.3 Å². The highest BCUT2D eigenvalue weighted by atomic mass is 35.5. The van der Waals surface area contributed by atoms with Gasteiger partial charge in [0.1, 0.15) is 5.15 Å². The summed E-state index contributed by atoms with van der Waals surface area (Å²) in [6.45, 7) is 2.70. The van der Waals surface area contributed by atoms with Crippen molar-refractivity contribution in [1.29, 1.82) is 0 Å². The number of aryl methyl sites for hydroxylation is 1. The predicted molar refractivity (Wildman–Crippen MR) is 79.1 cm³/mol. The summed E-state index contributed by atoms with van der Waals surface area (Å²) in [5.41, 5.74) is 0. The summed E-state index contributed by atoms with van der Waals surface area (Å²) in [4.78, 5) is 3.86. The first-order valence-electron chi connectivity index (χ1n) is 7.10. The molecule has 0 amide bonds. The Morgan fingerprint density at radius 2 is 1.95 bits per heavy atom. The minimum absolute atomic E-state index is 0.0797. The number of hydrogen-bond acceptors (Lipinski definition) is 3. The average Bonchev–Trinajstić information content (AvgIpc) is 2.78. The molecule has 1 aromatic rings. The third-order valence-corrected chi connectivity index (χ3v) is 6.11. The second kappa shape index (κ2) is 6.45. The molecule has 0 aromatic carbocycles. The van der Waals surface area contributed by atoms with Crippen molar-refractivity contribution in [2.45, 2.75) is 44.1 Å². The quantitative estimate of drug-likeness (QED) is 0.907. The fourth-order valence-electron chi connectivity index (χ4n) is 2.71. The van der Waals surface area contributed by atoms with E-state index in [-0.39, 0.29) is 10.2 Å². The molecule has 1 aromatic heterocycles. The smallest absolute Gasteiger partial charge is 0.261 e. The zero-order valence-corrected chi connectivity index (χ0v) is 13.5. The summed E-state index contributed by atoms with van der Waals surface area (Å²) in [6, 6.07) is 0. The molecule has 1 aliphatic carbocycles. The molecular weight excluding hydrogens is 298 g/mol. The van der Waals surface area contributed by atoms with E-state index in [9.17, 15) is 8.42 Å². The van der Waals surface area contributed by atoms with Crippen molar-refractivity contribution in [3.05, 3.63) is 11.5 Å². The molecule has 1 heterocycles. The van der Waals surface area contributed by atoms with Gasteiger partial charge in [0.2, 0.25) is 5.03 Å². The maximum Gasteiger partial charge on any atom is 0.261 e. The molecule has 0 spiro atoms. The molecule has 1 fully saturated rings. The highest BCUT2D eigenvalue weighted by molar-refractivity contribution is 7.89. The van der Waals surface area contributed by atoms with Crippen LogP contribution in [-0.4, -0.2) is 24.5 Å². The van der Waals surface area contributed by atoms with Gasteiger partial charge in [-0.15, -0.1) is 0 Å². The van der Waals surface area contributed by atoms with Gasteiger partial charge in [-0.1, -0.05) is 37.8 Å². The highest BCUT2D eigenvalue weighted by Gasteiger charge is 2.25. The normalized spacial score (nSPS) is 23.9. The number of nitrogens with one attached hydrogen (secondary N) is 1. The van der Waals surface area contributed by atoms with Crippen molar-refractivity contribution >= 4 is 21.6 Å². The SMILES string of the molecule is CCC1CCC(CNS(=O)(=O)c2ncn(C)c2Cl)CC1. The minimum Gasteiger partial charge on any atom is -0.324 e. The molecule has 7 heteroatoms. The summed E-state index contributed by atoms with van der Waals surface area (Å²) >= 11 is 5.93. The van der Waals surface area contributed by atoms with Crippen molar-refractivity contribution in [3.8, 4) is 0 Å². The number of nitrogens with zero attached hydrogens (tertiary/aromatic N) is 2. The number of sulfonamides is 1. The molecule has 1 N–H and O–H groups in total. The molecule has 2 rings (SSSR count). The van der Waals surface area contributed by atoms with E-state index in [4.69, 9.17) is 11.6 Å². The van der Waals surface area contributed by atoms with E-state index in [2.05, 4.69) is 16.6 Å². The van der Waals surface area contributed by atoms with Crippen molar-refractivity contribution in [2.75, 3.05) is 6.54 Å². The lowest BCUT2D eigenvalue weighted by Crippen LogP contribution is -2.31. The summed E-state index contributed by atoms with van der Waals surface area (Å²) in [6.07, 6.45) is 7.22. The number of imidazole rings is 1. The average molecular weight is 320 g/mol. The van der Waals surface area contributed by atoms with Crippen LogP contribution in [0.3, 0.4) is 0 Å². The molecule has 0 bridgehead atoms. The first-order valence-corrected chi connectivity index (χ1v) is 8.96. The van der Waals surface area contributed by atoms with Gasteiger partial charge in [0.05, 0.1) is 6.33 Å². The Balaban J connectivity index is 1.92. The van der Waals surface area contributed by atoms with Gasteiger partial charge in [-0.2, -0.15) is 0 Å². The molecule has 0 aliphatic heterocycles. The lowest BCUT2D eigenvalue weighted by atomic mass is 9.81. The van der Waals surface area contributed by atoms with Crippen LogP contribution in [0.15, 0.2) is 11.4 Å². The van der Waals surface area contributed by atoms with Crippen LogP contribution in [0, 0.1) is 11.8 Å². The monoisotopic (exact) mass is 319 g/mol. The molecule has 5 nitrogen and oxygen atoms in total. The number of aromatic nitrogens is 2. The number of halogens is 1. The lowest BCUT2D eigenvalue weighted by molar-refractivity contribution is 0.270. The van der Waals surface area contributed by atoms with E-state index in [0.29, 0.717) is 12.5 Å². The number of rotatable bonds is 5. The highest BCUT2D eigenvalue weighted by Crippen LogP contribution is 2.30. The van der Waals surface area contributed by atoms with E-state index in [1.807, 2.05) is 0 Å². The standard InChI is InChI=1S/C13H22ClN3O2S/c1-3-10-4-6-11(7-5-10)8-16-20(18,19)13-12(14)17(2)9-15-13/h9-11,16H,3-8H2,1-2H3. The van der Waals surface area contributed by atoms with Crippen LogP contribution in [0.25, 0.3) is 0 Å². The first kappa shape index (κ1) is 15.8. The van der Waals surface area contributed by atoms with Gasteiger partial charge >= 0.3 is 0 Å². The van der Waals surface area contributed by atoms with Gasteiger partial charge in [-0.25, -0.2) is 18.1 Å². The van der Waals surface area contributed by atoms with Crippen molar-refractivity contribution in [2.24, 2.45) is 18.9 Å². The number of hydrogen-bond donors (Lipinski definition) is 1. The zero-order valence-electron chi connectivity index (χ0n) is 12.0. The van der Waals surface area contributed by atoms with Gasteiger partial charge in [0.15, 0.2) is 0 Å². The van der Waals surface area contributed by atoms with Crippen LogP contribution in [0.4, 0.5) is 0 Å². The van der Waals surface area contributed by atoms with Gasteiger partial charge in [-0.05, 0) is 24.7 Å². The Morgan fingerprint density at radius 1 is 1.35 bits per heavy atom. The predicted octanol–water partition coefficient (Wildman–Crippen LogP) is 2.57. The Hall–Kier alpha value is -0.590. The first-order chi connectivity index (χ1) is 9.44. The third-order valence-electron chi connectivity index (χ3n) is 4.19. The van der Waals surface area contributed by atoms with Crippen LogP contribution in [0.1, 0.15) is 39.0 Å².